The van der Waals surface area contributed by atoms with E-state index < -0.39 is 11.6 Å². The van der Waals surface area contributed by atoms with E-state index in [-0.39, 0.29) is 12.2 Å². The zero-order valence-electron chi connectivity index (χ0n) is 14.3. The Kier molecular flexibility index (Phi) is 5.30. The van der Waals surface area contributed by atoms with Crippen molar-refractivity contribution in [2.24, 2.45) is 5.92 Å². The standard InChI is InChI=1S/C21H24F2O/c1-14-3-5-15(6-4-14)16-7-9-17(10-8-16)19-12-11-18(13-24-2)20(22)21(19)23/h7-12,14-15H,3-6,13H2,1-2H3. The van der Waals surface area contributed by atoms with Gasteiger partial charge in [-0.05, 0) is 35.8 Å². The highest BCUT2D eigenvalue weighted by molar-refractivity contribution is 5.65. The third-order valence-corrected chi connectivity index (χ3v) is 5.17. The molecular formula is C21H24F2O. The second-order valence-corrected chi connectivity index (χ2v) is 6.91. The molecule has 0 atom stereocenters. The molecule has 24 heavy (non-hydrogen) atoms. The lowest BCUT2D eigenvalue weighted by molar-refractivity contribution is 0.180. The molecule has 1 fully saturated rings. The van der Waals surface area contributed by atoms with Gasteiger partial charge >= 0.3 is 0 Å². The van der Waals surface area contributed by atoms with Gasteiger partial charge in [0.25, 0.3) is 0 Å². The maximum atomic E-state index is 14.3. The second-order valence-electron chi connectivity index (χ2n) is 6.91. The van der Waals surface area contributed by atoms with Crippen molar-refractivity contribution in [1.82, 2.24) is 0 Å². The van der Waals surface area contributed by atoms with E-state index in [1.807, 2.05) is 12.1 Å². The average molecular weight is 330 g/mol. The van der Waals surface area contributed by atoms with E-state index in [2.05, 4.69) is 19.1 Å². The Morgan fingerprint density at radius 1 is 0.917 bits per heavy atom. The van der Waals surface area contributed by atoms with Gasteiger partial charge in [-0.25, -0.2) is 8.78 Å². The molecule has 1 aliphatic rings. The molecule has 0 aliphatic heterocycles. The Hall–Kier alpha value is -1.74. The van der Waals surface area contributed by atoms with Crippen LogP contribution in [0.2, 0.25) is 0 Å². The predicted octanol–water partition coefficient (Wildman–Crippen LogP) is 6.07. The van der Waals surface area contributed by atoms with Crippen molar-refractivity contribution in [2.45, 2.75) is 45.1 Å². The van der Waals surface area contributed by atoms with Crippen molar-refractivity contribution in [2.75, 3.05) is 7.11 Å². The van der Waals surface area contributed by atoms with Crippen LogP contribution >= 0.6 is 0 Å². The maximum absolute atomic E-state index is 14.3. The minimum absolute atomic E-state index is 0.0715. The first-order chi connectivity index (χ1) is 11.6. The van der Waals surface area contributed by atoms with E-state index in [4.69, 9.17) is 4.74 Å². The van der Waals surface area contributed by atoms with Gasteiger partial charge in [-0.1, -0.05) is 56.2 Å². The molecule has 3 rings (SSSR count). The molecule has 0 heterocycles. The van der Waals surface area contributed by atoms with Gasteiger partial charge in [0.2, 0.25) is 0 Å². The van der Waals surface area contributed by atoms with Crippen molar-refractivity contribution >= 4 is 0 Å². The van der Waals surface area contributed by atoms with Crippen LogP contribution in [0.25, 0.3) is 11.1 Å². The molecule has 0 bridgehead atoms. The molecule has 1 aliphatic carbocycles. The van der Waals surface area contributed by atoms with Gasteiger partial charge in [-0.2, -0.15) is 0 Å². The normalized spacial score (nSPS) is 21.0. The summed E-state index contributed by atoms with van der Waals surface area (Å²) in [6.45, 7) is 2.38. The highest BCUT2D eigenvalue weighted by atomic mass is 19.2. The van der Waals surface area contributed by atoms with E-state index in [0.29, 0.717) is 17.0 Å². The minimum Gasteiger partial charge on any atom is -0.380 e. The molecule has 3 heteroatoms. The molecule has 0 N–H and O–H groups in total. The summed E-state index contributed by atoms with van der Waals surface area (Å²) in [6.07, 6.45) is 4.98. The van der Waals surface area contributed by atoms with Gasteiger partial charge in [0, 0.05) is 18.2 Å². The number of halogens is 2. The number of hydrogen-bond donors (Lipinski definition) is 0. The summed E-state index contributed by atoms with van der Waals surface area (Å²) in [7, 11) is 1.47. The number of benzene rings is 2. The Morgan fingerprint density at radius 2 is 1.58 bits per heavy atom. The van der Waals surface area contributed by atoms with Crippen LogP contribution < -0.4 is 0 Å². The van der Waals surface area contributed by atoms with E-state index in [1.165, 1.54) is 38.4 Å². The van der Waals surface area contributed by atoms with Gasteiger partial charge in [0.1, 0.15) is 0 Å². The fraction of sp³-hybridized carbons (Fsp3) is 0.429. The Morgan fingerprint density at radius 3 is 2.21 bits per heavy atom. The first-order valence-corrected chi connectivity index (χ1v) is 8.66. The maximum Gasteiger partial charge on any atom is 0.167 e. The van der Waals surface area contributed by atoms with Gasteiger partial charge in [0.05, 0.1) is 6.61 Å². The first kappa shape index (κ1) is 17.1. The lowest BCUT2D eigenvalue weighted by Gasteiger charge is -2.26. The monoisotopic (exact) mass is 330 g/mol. The lowest BCUT2D eigenvalue weighted by Crippen LogP contribution is -2.10. The van der Waals surface area contributed by atoms with Crippen molar-refractivity contribution in [3.63, 3.8) is 0 Å². The topological polar surface area (TPSA) is 9.23 Å². The molecule has 0 amide bonds. The molecule has 1 saturated carbocycles. The van der Waals surface area contributed by atoms with Crippen LogP contribution in [0, 0.1) is 17.6 Å². The van der Waals surface area contributed by atoms with Crippen LogP contribution in [0.4, 0.5) is 8.78 Å². The molecule has 2 aromatic rings. The Labute approximate surface area is 142 Å². The molecule has 0 spiro atoms. The van der Waals surface area contributed by atoms with E-state index in [1.54, 1.807) is 12.1 Å². The quantitative estimate of drug-likeness (QED) is 0.661. The molecule has 2 aromatic carbocycles. The van der Waals surface area contributed by atoms with Crippen LogP contribution in [0.1, 0.15) is 49.7 Å². The second kappa shape index (κ2) is 7.43. The molecule has 0 aromatic heterocycles. The van der Waals surface area contributed by atoms with Crippen LogP contribution in [0.3, 0.4) is 0 Å². The van der Waals surface area contributed by atoms with Crippen LogP contribution in [-0.2, 0) is 11.3 Å². The summed E-state index contributed by atoms with van der Waals surface area (Å²) in [5, 5.41) is 0. The summed E-state index contributed by atoms with van der Waals surface area (Å²) in [4.78, 5) is 0. The van der Waals surface area contributed by atoms with Crippen molar-refractivity contribution in [3.05, 3.63) is 59.2 Å². The zero-order valence-corrected chi connectivity index (χ0v) is 14.3. The van der Waals surface area contributed by atoms with Crippen LogP contribution in [0.5, 0.6) is 0 Å². The predicted molar refractivity (Wildman–Crippen MR) is 92.9 cm³/mol. The first-order valence-electron chi connectivity index (χ1n) is 8.66. The summed E-state index contributed by atoms with van der Waals surface area (Å²) in [6, 6.07) is 11.2. The minimum atomic E-state index is -0.820. The summed E-state index contributed by atoms with van der Waals surface area (Å²) >= 11 is 0. The van der Waals surface area contributed by atoms with Gasteiger partial charge in [-0.3, -0.25) is 0 Å². The molecule has 1 nitrogen and oxygen atoms in total. The number of ether oxygens (including phenoxy) is 1. The molecule has 0 saturated heterocycles. The highest BCUT2D eigenvalue weighted by Gasteiger charge is 2.20. The molecule has 0 radical (unpaired) electrons. The fourth-order valence-electron chi connectivity index (χ4n) is 3.61. The third-order valence-electron chi connectivity index (χ3n) is 5.17. The number of hydrogen-bond acceptors (Lipinski definition) is 1. The molecule has 128 valence electrons. The van der Waals surface area contributed by atoms with E-state index in [0.717, 1.165) is 5.92 Å². The van der Waals surface area contributed by atoms with Crippen LogP contribution in [0.15, 0.2) is 36.4 Å². The van der Waals surface area contributed by atoms with Crippen molar-refractivity contribution in [1.29, 1.82) is 0 Å². The SMILES string of the molecule is COCc1ccc(-c2ccc(C3CCC(C)CC3)cc2)c(F)c1F. The van der Waals surface area contributed by atoms with E-state index >= 15 is 0 Å². The van der Waals surface area contributed by atoms with Crippen LogP contribution in [-0.4, -0.2) is 7.11 Å². The smallest absolute Gasteiger partial charge is 0.167 e. The summed E-state index contributed by atoms with van der Waals surface area (Å²) in [5.41, 5.74) is 2.56. The lowest BCUT2D eigenvalue weighted by atomic mass is 9.79. The Balaban J connectivity index is 1.82. The third kappa shape index (κ3) is 3.51. The van der Waals surface area contributed by atoms with Crippen molar-refractivity contribution < 1.29 is 13.5 Å². The average Bonchev–Trinajstić information content (AvgIpc) is 2.60. The summed E-state index contributed by atoms with van der Waals surface area (Å²) < 4.78 is 33.3. The molecular weight excluding hydrogens is 306 g/mol. The molecule has 0 unspecified atom stereocenters. The van der Waals surface area contributed by atoms with Crippen molar-refractivity contribution in [3.8, 4) is 11.1 Å². The number of rotatable bonds is 4. The number of methoxy groups -OCH3 is 1. The largest absolute Gasteiger partial charge is 0.380 e. The van der Waals surface area contributed by atoms with E-state index in [9.17, 15) is 8.78 Å². The Bertz CT molecular complexity index is 686. The highest BCUT2D eigenvalue weighted by Crippen LogP contribution is 2.36. The zero-order chi connectivity index (χ0) is 17.1. The fourth-order valence-corrected chi connectivity index (χ4v) is 3.61. The summed E-state index contributed by atoms with van der Waals surface area (Å²) in [5.74, 6) is -0.201. The van der Waals surface area contributed by atoms with Gasteiger partial charge in [-0.15, -0.1) is 0 Å². The van der Waals surface area contributed by atoms with Gasteiger partial charge in [0.15, 0.2) is 11.6 Å². The van der Waals surface area contributed by atoms with Gasteiger partial charge < -0.3 is 4.74 Å².